The zero-order valence-electron chi connectivity index (χ0n) is 15.9. The molecule has 0 aliphatic carbocycles. The molecule has 1 N–H and O–H groups in total. The maximum Gasteiger partial charge on any atom is 0.239 e. The zero-order chi connectivity index (χ0) is 19.3. The number of carbonyl (C=O) groups excluding carboxylic acids is 3. The Bertz CT molecular complexity index is 712. The molecule has 0 saturated heterocycles. The van der Waals surface area contributed by atoms with Crippen LogP contribution in [-0.4, -0.2) is 46.7 Å². The van der Waals surface area contributed by atoms with Crippen molar-refractivity contribution >= 4 is 23.8 Å². The van der Waals surface area contributed by atoms with Gasteiger partial charge in [-0.3, -0.25) is 14.4 Å². The summed E-state index contributed by atoms with van der Waals surface area (Å²) < 4.78 is 0. The predicted octanol–water partition coefficient (Wildman–Crippen LogP) is 2.32. The first-order chi connectivity index (χ1) is 12.3. The van der Waals surface area contributed by atoms with E-state index in [1.54, 1.807) is 11.1 Å². The lowest BCUT2D eigenvalue weighted by atomic mass is 9.93. The molecule has 6 heteroatoms. The van der Waals surface area contributed by atoms with Crippen molar-refractivity contribution in [1.29, 1.82) is 0 Å². The summed E-state index contributed by atoms with van der Waals surface area (Å²) >= 11 is 0. The Morgan fingerprint density at radius 3 is 2.54 bits per heavy atom. The molecular formula is C20H27N3O3. The van der Waals surface area contributed by atoms with Crippen molar-refractivity contribution in [2.24, 2.45) is 0 Å². The van der Waals surface area contributed by atoms with Gasteiger partial charge in [0, 0.05) is 25.7 Å². The minimum atomic E-state index is -0.358. The number of amides is 3. The Morgan fingerprint density at radius 1 is 1.23 bits per heavy atom. The lowest BCUT2D eigenvalue weighted by molar-refractivity contribution is -0.138. The molecule has 0 spiro atoms. The van der Waals surface area contributed by atoms with Crippen molar-refractivity contribution < 1.29 is 14.4 Å². The summed E-state index contributed by atoms with van der Waals surface area (Å²) in [6.45, 7) is 7.56. The van der Waals surface area contributed by atoms with E-state index in [-0.39, 0.29) is 42.8 Å². The first-order valence-corrected chi connectivity index (χ1v) is 8.96. The Labute approximate surface area is 154 Å². The molecule has 1 heterocycles. The summed E-state index contributed by atoms with van der Waals surface area (Å²) in [5.41, 5.74) is 1.95. The molecule has 1 atom stereocenters. The molecular weight excluding hydrogens is 330 g/mol. The van der Waals surface area contributed by atoms with Crippen molar-refractivity contribution in [1.82, 2.24) is 15.1 Å². The van der Waals surface area contributed by atoms with Gasteiger partial charge in [0.2, 0.25) is 17.7 Å². The molecule has 1 aromatic rings. The average molecular weight is 357 g/mol. The van der Waals surface area contributed by atoms with Crippen molar-refractivity contribution in [2.75, 3.05) is 13.1 Å². The predicted molar refractivity (Wildman–Crippen MR) is 101 cm³/mol. The van der Waals surface area contributed by atoms with Crippen LogP contribution in [0.3, 0.4) is 0 Å². The van der Waals surface area contributed by atoms with Crippen molar-refractivity contribution in [3.8, 4) is 0 Å². The van der Waals surface area contributed by atoms with E-state index < -0.39 is 0 Å². The number of nitrogens with zero attached hydrogens (tertiary/aromatic N) is 2. The van der Waals surface area contributed by atoms with E-state index in [0.717, 1.165) is 11.1 Å². The molecule has 0 saturated carbocycles. The van der Waals surface area contributed by atoms with Crippen LogP contribution >= 0.6 is 0 Å². The fourth-order valence-corrected chi connectivity index (χ4v) is 3.13. The minimum Gasteiger partial charge on any atom is -0.352 e. The van der Waals surface area contributed by atoms with E-state index in [1.165, 1.54) is 11.8 Å². The number of carbonyl (C=O) groups is 3. The van der Waals surface area contributed by atoms with Gasteiger partial charge in [-0.05, 0) is 38.0 Å². The SMILES string of the molecule is CCN(CC(=O)NC(C)C)C(=O)CC1c2ccccc2C=CN1C(C)=O. The smallest absolute Gasteiger partial charge is 0.239 e. The highest BCUT2D eigenvalue weighted by atomic mass is 16.2. The van der Waals surface area contributed by atoms with Gasteiger partial charge < -0.3 is 15.1 Å². The molecule has 140 valence electrons. The maximum absolute atomic E-state index is 12.8. The van der Waals surface area contributed by atoms with E-state index in [1.807, 2.05) is 51.1 Å². The fourth-order valence-electron chi connectivity index (χ4n) is 3.13. The first kappa shape index (κ1) is 19.7. The number of benzene rings is 1. The molecule has 26 heavy (non-hydrogen) atoms. The standard InChI is InChI=1S/C20H27N3O3/c1-5-22(13-19(25)21-14(2)3)20(26)12-18-17-9-7-6-8-16(17)10-11-23(18)15(4)24/h6-11,14,18H,5,12-13H2,1-4H3,(H,21,25). The van der Waals surface area contributed by atoms with Crippen LogP contribution in [0.5, 0.6) is 0 Å². The second-order valence-electron chi connectivity index (χ2n) is 6.72. The van der Waals surface area contributed by atoms with Gasteiger partial charge in [0.05, 0.1) is 19.0 Å². The number of nitrogens with one attached hydrogen (secondary N) is 1. The topological polar surface area (TPSA) is 69.7 Å². The lowest BCUT2D eigenvalue weighted by Gasteiger charge is -2.33. The summed E-state index contributed by atoms with van der Waals surface area (Å²) in [6, 6.07) is 7.41. The molecule has 0 bridgehead atoms. The lowest BCUT2D eigenvalue weighted by Crippen LogP contribution is -2.44. The Kier molecular flexibility index (Phi) is 6.55. The normalized spacial score (nSPS) is 15.6. The molecule has 6 nitrogen and oxygen atoms in total. The summed E-state index contributed by atoms with van der Waals surface area (Å²) in [4.78, 5) is 40.0. The molecule has 1 aliphatic rings. The van der Waals surface area contributed by atoms with Crippen LogP contribution in [0.25, 0.3) is 6.08 Å². The van der Waals surface area contributed by atoms with Crippen LogP contribution in [0, 0.1) is 0 Å². The van der Waals surface area contributed by atoms with E-state index in [2.05, 4.69) is 5.32 Å². The average Bonchev–Trinajstić information content (AvgIpc) is 2.58. The van der Waals surface area contributed by atoms with Gasteiger partial charge in [0.25, 0.3) is 0 Å². The highest BCUT2D eigenvalue weighted by Crippen LogP contribution is 2.33. The van der Waals surface area contributed by atoms with Crippen LogP contribution in [0.15, 0.2) is 30.5 Å². The third-order valence-electron chi connectivity index (χ3n) is 4.36. The highest BCUT2D eigenvalue weighted by Gasteiger charge is 2.30. The van der Waals surface area contributed by atoms with Gasteiger partial charge in [-0.1, -0.05) is 24.3 Å². The number of rotatable bonds is 6. The molecule has 0 fully saturated rings. The number of hydrogen-bond donors (Lipinski definition) is 1. The third kappa shape index (κ3) is 4.71. The quantitative estimate of drug-likeness (QED) is 0.849. The summed E-state index contributed by atoms with van der Waals surface area (Å²) in [5, 5.41) is 2.80. The number of likely N-dealkylation sites (N-methyl/N-ethyl adjacent to an activating group) is 1. The van der Waals surface area contributed by atoms with E-state index in [4.69, 9.17) is 0 Å². The van der Waals surface area contributed by atoms with Crippen molar-refractivity contribution in [3.05, 3.63) is 41.6 Å². The van der Waals surface area contributed by atoms with Crippen LogP contribution in [0.1, 0.15) is 51.3 Å². The number of hydrogen-bond acceptors (Lipinski definition) is 3. The molecule has 1 aromatic carbocycles. The maximum atomic E-state index is 12.8. The second kappa shape index (κ2) is 8.65. The molecule has 2 rings (SSSR count). The zero-order valence-corrected chi connectivity index (χ0v) is 15.9. The molecule has 3 amide bonds. The van der Waals surface area contributed by atoms with Gasteiger partial charge in [-0.25, -0.2) is 0 Å². The van der Waals surface area contributed by atoms with Crippen molar-refractivity contribution in [3.63, 3.8) is 0 Å². The van der Waals surface area contributed by atoms with Crippen LogP contribution in [0.2, 0.25) is 0 Å². The third-order valence-corrected chi connectivity index (χ3v) is 4.36. The summed E-state index contributed by atoms with van der Waals surface area (Å²) in [5.74, 6) is -0.440. The Balaban J connectivity index is 2.17. The largest absolute Gasteiger partial charge is 0.352 e. The second-order valence-corrected chi connectivity index (χ2v) is 6.72. The Hall–Kier alpha value is -2.63. The fraction of sp³-hybridized carbons (Fsp3) is 0.450. The highest BCUT2D eigenvalue weighted by molar-refractivity contribution is 5.86. The Morgan fingerprint density at radius 2 is 1.92 bits per heavy atom. The van der Waals surface area contributed by atoms with Crippen LogP contribution in [0.4, 0.5) is 0 Å². The summed E-state index contributed by atoms with van der Waals surface area (Å²) in [6.07, 6.45) is 3.75. The van der Waals surface area contributed by atoms with Gasteiger partial charge >= 0.3 is 0 Å². The van der Waals surface area contributed by atoms with E-state index >= 15 is 0 Å². The number of fused-ring (bicyclic) bond motifs is 1. The van der Waals surface area contributed by atoms with E-state index in [0.29, 0.717) is 6.54 Å². The van der Waals surface area contributed by atoms with Crippen LogP contribution in [-0.2, 0) is 14.4 Å². The molecule has 1 unspecified atom stereocenters. The molecule has 1 aliphatic heterocycles. The van der Waals surface area contributed by atoms with Crippen molar-refractivity contribution in [2.45, 2.75) is 46.2 Å². The van der Waals surface area contributed by atoms with E-state index in [9.17, 15) is 14.4 Å². The molecule has 0 radical (unpaired) electrons. The minimum absolute atomic E-state index is 0.0256. The van der Waals surface area contributed by atoms with Gasteiger partial charge in [-0.15, -0.1) is 0 Å². The van der Waals surface area contributed by atoms with Gasteiger partial charge in [0.15, 0.2) is 0 Å². The van der Waals surface area contributed by atoms with Gasteiger partial charge in [0.1, 0.15) is 0 Å². The first-order valence-electron chi connectivity index (χ1n) is 8.96. The van der Waals surface area contributed by atoms with Gasteiger partial charge in [-0.2, -0.15) is 0 Å². The molecule has 0 aromatic heterocycles. The summed E-state index contributed by atoms with van der Waals surface area (Å²) in [7, 11) is 0. The monoisotopic (exact) mass is 357 g/mol. The van der Waals surface area contributed by atoms with Crippen LogP contribution < -0.4 is 5.32 Å².